The average Bonchev–Trinajstić information content (AvgIpc) is 2.89. The van der Waals surface area contributed by atoms with E-state index in [2.05, 4.69) is 26.2 Å². The second-order valence-corrected chi connectivity index (χ2v) is 6.25. The Bertz CT molecular complexity index is 797. The van der Waals surface area contributed by atoms with Gasteiger partial charge in [-0.05, 0) is 48.9 Å². The first-order valence-electron chi connectivity index (χ1n) is 6.04. The highest BCUT2D eigenvalue weighted by Crippen LogP contribution is 2.22. The Labute approximate surface area is 128 Å². The third-order valence-electron chi connectivity index (χ3n) is 3.03. The zero-order valence-corrected chi connectivity index (χ0v) is 13.1. The molecule has 1 aromatic heterocycles. The van der Waals surface area contributed by atoms with Crippen molar-refractivity contribution >= 4 is 49.1 Å². The van der Waals surface area contributed by atoms with E-state index in [0.717, 1.165) is 25.9 Å². The maximum Gasteiger partial charge on any atom is 0.255 e. The van der Waals surface area contributed by atoms with Crippen LogP contribution in [0, 0.1) is 6.92 Å². The highest BCUT2D eigenvalue weighted by Gasteiger charge is 2.09. The standard InChI is InChI=1S/C15H11BrN2OS/c1-9-6-11(16)3-5-12(9)18-15(19)10-2-4-13-14(7-10)20-8-17-13/h2-8H,1H3,(H,18,19). The minimum atomic E-state index is -0.106. The summed E-state index contributed by atoms with van der Waals surface area (Å²) in [5.41, 5.74) is 5.19. The molecular weight excluding hydrogens is 336 g/mol. The number of rotatable bonds is 2. The van der Waals surface area contributed by atoms with Crippen LogP contribution in [0.2, 0.25) is 0 Å². The third-order valence-corrected chi connectivity index (χ3v) is 4.32. The Balaban J connectivity index is 1.88. The van der Waals surface area contributed by atoms with Crippen LogP contribution in [0.15, 0.2) is 46.4 Å². The zero-order chi connectivity index (χ0) is 14.1. The summed E-state index contributed by atoms with van der Waals surface area (Å²) in [5, 5.41) is 2.94. The molecule has 5 heteroatoms. The van der Waals surface area contributed by atoms with Gasteiger partial charge in [0.05, 0.1) is 15.7 Å². The number of fused-ring (bicyclic) bond motifs is 1. The summed E-state index contributed by atoms with van der Waals surface area (Å²) in [6.45, 7) is 1.97. The first-order chi connectivity index (χ1) is 9.63. The monoisotopic (exact) mass is 346 g/mol. The molecule has 0 unspecified atom stereocenters. The molecule has 0 aliphatic rings. The quantitative estimate of drug-likeness (QED) is 0.735. The molecule has 0 saturated heterocycles. The summed E-state index contributed by atoms with van der Waals surface area (Å²) >= 11 is 4.94. The van der Waals surface area contributed by atoms with E-state index in [4.69, 9.17) is 0 Å². The van der Waals surface area contributed by atoms with Crippen LogP contribution < -0.4 is 5.32 Å². The number of aryl methyl sites for hydroxylation is 1. The smallest absolute Gasteiger partial charge is 0.255 e. The Morgan fingerprint density at radius 3 is 2.90 bits per heavy atom. The van der Waals surface area contributed by atoms with Gasteiger partial charge in [-0.2, -0.15) is 0 Å². The van der Waals surface area contributed by atoms with Crippen LogP contribution in [0.4, 0.5) is 5.69 Å². The first kappa shape index (κ1) is 13.3. The lowest BCUT2D eigenvalue weighted by molar-refractivity contribution is 0.102. The number of anilines is 1. The van der Waals surface area contributed by atoms with Crippen molar-refractivity contribution in [3.8, 4) is 0 Å². The maximum absolute atomic E-state index is 12.3. The lowest BCUT2D eigenvalue weighted by Crippen LogP contribution is -2.12. The van der Waals surface area contributed by atoms with Gasteiger partial charge in [0, 0.05) is 15.7 Å². The van der Waals surface area contributed by atoms with Gasteiger partial charge in [0.2, 0.25) is 0 Å². The zero-order valence-electron chi connectivity index (χ0n) is 10.7. The predicted molar refractivity (Wildman–Crippen MR) is 86.5 cm³/mol. The lowest BCUT2D eigenvalue weighted by atomic mass is 10.1. The number of thiazole rings is 1. The fraction of sp³-hybridized carbons (Fsp3) is 0.0667. The fourth-order valence-electron chi connectivity index (χ4n) is 1.96. The van der Waals surface area contributed by atoms with Crippen molar-refractivity contribution in [2.45, 2.75) is 6.92 Å². The number of nitrogens with one attached hydrogen (secondary N) is 1. The summed E-state index contributed by atoms with van der Waals surface area (Å²) in [4.78, 5) is 16.5. The van der Waals surface area contributed by atoms with Crippen LogP contribution in [0.1, 0.15) is 15.9 Å². The maximum atomic E-state index is 12.3. The number of hydrogen-bond acceptors (Lipinski definition) is 3. The van der Waals surface area contributed by atoms with E-state index in [1.54, 1.807) is 11.6 Å². The summed E-state index contributed by atoms with van der Waals surface area (Å²) in [6, 6.07) is 11.3. The van der Waals surface area contributed by atoms with E-state index < -0.39 is 0 Å². The number of aromatic nitrogens is 1. The van der Waals surface area contributed by atoms with E-state index in [1.165, 1.54) is 11.3 Å². The lowest BCUT2D eigenvalue weighted by Gasteiger charge is -2.08. The molecule has 0 bridgehead atoms. The molecule has 0 spiro atoms. The van der Waals surface area contributed by atoms with Crippen LogP contribution in [0.5, 0.6) is 0 Å². The van der Waals surface area contributed by atoms with E-state index in [9.17, 15) is 4.79 Å². The molecule has 20 heavy (non-hydrogen) atoms. The average molecular weight is 347 g/mol. The van der Waals surface area contributed by atoms with Gasteiger partial charge in [-0.25, -0.2) is 4.98 Å². The molecule has 0 aliphatic heterocycles. The number of carbonyl (C=O) groups is 1. The molecule has 2 aromatic carbocycles. The van der Waals surface area contributed by atoms with Crippen molar-refractivity contribution in [2.75, 3.05) is 5.32 Å². The Hall–Kier alpha value is -1.72. The largest absolute Gasteiger partial charge is 0.322 e. The second kappa shape index (κ2) is 5.34. The normalized spacial score (nSPS) is 10.7. The minimum absolute atomic E-state index is 0.106. The predicted octanol–water partition coefficient (Wildman–Crippen LogP) is 4.62. The van der Waals surface area contributed by atoms with Gasteiger partial charge in [0.25, 0.3) is 5.91 Å². The number of benzene rings is 2. The second-order valence-electron chi connectivity index (χ2n) is 4.45. The summed E-state index contributed by atoms with van der Waals surface area (Å²) < 4.78 is 2.02. The number of amides is 1. The van der Waals surface area contributed by atoms with Gasteiger partial charge in [0.1, 0.15) is 0 Å². The molecule has 100 valence electrons. The van der Waals surface area contributed by atoms with Crippen LogP contribution in [-0.2, 0) is 0 Å². The number of nitrogens with zero attached hydrogens (tertiary/aromatic N) is 1. The molecule has 3 nitrogen and oxygen atoms in total. The van der Waals surface area contributed by atoms with Crippen molar-refractivity contribution in [1.82, 2.24) is 4.98 Å². The summed E-state index contributed by atoms with van der Waals surface area (Å²) in [5.74, 6) is -0.106. The molecule has 3 aromatic rings. The summed E-state index contributed by atoms with van der Waals surface area (Å²) in [7, 11) is 0. The Morgan fingerprint density at radius 1 is 1.25 bits per heavy atom. The number of carbonyl (C=O) groups excluding carboxylic acids is 1. The molecule has 3 rings (SSSR count). The van der Waals surface area contributed by atoms with Crippen molar-refractivity contribution in [1.29, 1.82) is 0 Å². The van der Waals surface area contributed by atoms with E-state index in [0.29, 0.717) is 5.56 Å². The SMILES string of the molecule is Cc1cc(Br)ccc1NC(=O)c1ccc2ncsc2c1. The van der Waals surface area contributed by atoms with E-state index in [-0.39, 0.29) is 5.91 Å². The minimum Gasteiger partial charge on any atom is -0.322 e. The van der Waals surface area contributed by atoms with Crippen LogP contribution in [0.25, 0.3) is 10.2 Å². The Kier molecular flexibility index (Phi) is 3.54. The number of halogens is 1. The van der Waals surface area contributed by atoms with Crippen molar-refractivity contribution in [3.05, 3.63) is 57.5 Å². The van der Waals surface area contributed by atoms with Gasteiger partial charge in [-0.15, -0.1) is 11.3 Å². The number of hydrogen-bond donors (Lipinski definition) is 1. The van der Waals surface area contributed by atoms with Gasteiger partial charge in [0.15, 0.2) is 0 Å². The summed E-state index contributed by atoms with van der Waals surface area (Å²) in [6.07, 6.45) is 0. The van der Waals surface area contributed by atoms with Crippen LogP contribution in [-0.4, -0.2) is 10.9 Å². The van der Waals surface area contributed by atoms with Gasteiger partial charge >= 0.3 is 0 Å². The molecule has 0 fully saturated rings. The highest BCUT2D eigenvalue weighted by atomic mass is 79.9. The van der Waals surface area contributed by atoms with Gasteiger partial charge in [-0.3, -0.25) is 4.79 Å². The van der Waals surface area contributed by atoms with Crippen LogP contribution in [0.3, 0.4) is 0 Å². The molecule has 1 heterocycles. The molecule has 0 aliphatic carbocycles. The van der Waals surface area contributed by atoms with Gasteiger partial charge in [-0.1, -0.05) is 15.9 Å². The van der Waals surface area contributed by atoms with E-state index >= 15 is 0 Å². The van der Waals surface area contributed by atoms with Crippen LogP contribution >= 0.6 is 27.3 Å². The molecule has 0 atom stereocenters. The van der Waals surface area contributed by atoms with Crippen molar-refractivity contribution in [3.63, 3.8) is 0 Å². The van der Waals surface area contributed by atoms with Crippen molar-refractivity contribution < 1.29 is 4.79 Å². The highest BCUT2D eigenvalue weighted by molar-refractivity contribution is 9.10. The molecule has 1 N–H and O–H groups in total. The van der Waals surface area contributed by atoms with Crippen molar-refractivity contribution in [2.24, 2.45) is 0 Å². The molecule has 0 saturated carbocycles. The first-order valence-corrected chi connectivity index (χ1v) is 7.71. The van der Waals surface area contributed by atoms with E-state index in [1.807, 2.05) is 37.3 Å². The molecular formula is C15H11BrN2OS. The molecule has 0 radical (unpaired) electrons. The fourth-order valence-corrected chi connectivity index (χ4v) is 3.15. The molecule has 1 amide bonds. The van der Waals surface area contributed by atoms with Gasteiger partial charge < -0.3 is 5.32 Å². The topological polar surface area (TPSA) is 42.0 Å². The Morgan fingerprint density at radius 2 is 2.10 bits per heavy atom. The third kappa shape index (κ3) is 2.59.